The molecule has 0 unspecified atom stereocenters. The summed E-state index contributed by atoms with van der Waals surface area (Å²) in [5.74, 6) is 2.41. The summed E-state index contributed by atoms with van der Waals surface area (Å²) < 4.78 is 10.4. The summed E-state index contributed by atoms with van der Waals surface area (Å²) in [6.07, 6.45) is 0.552. The summed E-state index contributed by atoms with van der Waals surface area (Å²) >= 11 is 1.54. The number of benzene rings is 2. The van der Waals surface area contributed by atoms with Gasteiger partial charge in [-0.3, -0.25) is 9.59 Å². The van der Waals surface area contributed by atoms with E-state index in [1.807, 2.05) is 62.4 Å². The zero-order valence-electron chi connectivity index (χ0n) is 18.7. The summed E-state index contributed by atoms with van der Waals surface area (Å²) in [6.45, 7) is 4.72. The lowest BCUT2D eigenvalue weighted by atomic mass is 10.1. The first-order chi connectivity index (χ1) is 15.0. The second-order valence-corrected chi connectivity index (χ2v) is 8.01. The zero-order valence-corrected chi connectivity index (χ0v) is 19.5. The molecule has 7 heteroatoms. The average Bonchev–Trinajstić information content (AvgIpc) is 2.80. The smallest absolute Gasteiger partial charge is 0.242 e. The van der Waals surface area contributed by atoms with Gasteiger partial charge >= 0.3 is 0 Å². The van der Waals surface area contributed by atoms with Gasteiger partial charge in [-0.25, -0.2) is 0 Å². The lowest BCUT2D eigenvalue weighted by Crippen LogP contribution is -2.49. The highest BCUT2D eigenvalue weighted by Crippen LogP contribution is 2.20. The van der Waals surface area contributed by atoms with Gasteiger partial charge in [-0.1, -0.05) is 31.2 Å². The second-order valence-electron chi connectivity index (χ2n) is 7.03. The Kier molecular flexibility index (Phi) is 10.2. The third-order valence-electron chi connectivity index (χ3n) is 4.90. The minimum atomic E-state index is -0.504. The van der Waals surface area contributed by atoms with E-state index in [0.717, 1.165) is 22.6 Å². The van der Waals surface area contributed by atoms with Crippen LogP contribution in [-0.4, -0.2) is 49.3 Å². The van der Waals surface area contributed by atoms with E-state index in [9.17, 15) is 9.59 Å². The quantitative estimate of drug-likeness (QED) is 0.538. The van der Waals surface area contributed by atoms with Gasteiger partial charge in [-0.05, 0) is 48.7 Å². The fraction of sp³-hybridized carbons (Fsp3) is 0.417. The molecule has 0 aliphatic carbocycles. The summed E-state index contributed by atoms with van der Waals surface area (Å²) in [5, 5.41) is 2.86. The van der Waals surface area contributed by atoms with Crippen LogP contribution < -0.4 is 14.8 Å². The van der Waals surface area contributed by atoms with Crippen LogP contribution in [0.5, 0.6) is 11.5 Å². The number of carbonyl (C=O) groups excluding carboxylic acids is 2. The van der Waals surface area contributed by atoms with Crippen molar-refractivity contribution in [2.45, 2.75) is 38.6 Å². The monoisotopic (exact) mass is 444 g/mol. The summed E-state index contributed by atoms with van der Waals surface area (Å²) in [5.41, 5.74) is 2.08. The van der Waals surface area contributed by atoms with Gasteiger partial charge in [0.2, 0.25) is 11.8 Å². The number of methoxy groups -OCH3 is 2. The Morgan fingerprint density at radius 1 is 0.935 bits per heavy atom. The summed E-state index contributed by atoms with van der Waals surface area (Å²) in [6, 6.07) is 14.9. The summed E-state index contributed by atoms with van der Waals surface area (Å²) in [7, 11) is 3.26. The first-order valence-electron chi connectivity index (χ1n) is 10.4. The molecule has 0 heterocycles. The molecule has 1 atom stereocenters. The van der Waals surface area contributed by atoms with Crippen LogP contribution in [0, 0.1) is 0 Å². The average molecular weight is 445 g/mol. The topological polar surface area (TPSA) is 67.9 Å². The van der Waals surface area contributed by atoms with Crippen molar-refractivity contribution >= 4 is 23.6 Å². The molecule has 6 nitrogen and oxygen atoms in total. The zero-order chi connectivity index (χ0) is 22.6. The largest absolute Gasteiger partial charge is 0.497 e. The Balaban J connectivity index is 2.08. The minimum Gasteiger partial charge on any atom is -0.497 e. The number of carbonyl (C=O) groups is 2. The molecule has 0 fully saturated rings. The molecule has 0 aliphatic rings. The standard InChI is InChI=1S/C24H32N2O4S/c1-5-22(24(28)25-6-2)26(15-18-7-11-20(29-3)12-8-18)23(27)17-31-16-19-9-13-21(30-4)14-10-19/h7-14,22H,5-6,15-17H2,1-4H3,(H,25,28)/t22-/m1/s1. The third-order valence-corrected chi connectivity index (χ3v) is 5.89. The lowest BCUT2D eigenvalue weighted by Gasteiger charge is -2.30. The molecule has 0 radical (unpaired) electrons. The second kappa shape index (κ2) is 12.9. The number of ether oxygens (including phenoxy) is 2. The van der Waals surface area contributed by atoms with Crippen LogP contribution in [0.2, 0.25) is 0 Å². The number of amides is 2. The maximum absolute atomic E-state index is 13.2. The molecule has 1 N–H and O–H groups in total. The number of rotatable bonds is 12. The van der Waals surface area contributed by atoms with E-state index in [1.54, 1.807) is 30.9 Å². The molecule has 2 aromatic carbocycles. The van der Waals surface area contributed by atoms with Gasteiger partial charge in [-0.2, -0.15) is 0 Å². The van der Waals surface area contributed by atoms with Gasteiger partial charge in [0.05, 0.1) is 20.0 Å². The fourth-order valence-electron chi connectivity index (χ4n) is 3.20. The number of hydrogen-bond acceptors (Lipinski definition) is 5. The highest BCUT2D eigenvalue weighted by Gasteiger charge is 2.28. The number of nitrogens with one attached hydrogen (secondary N) is 1. The molecule has 0 saturated heterocycles. The minimum absolute atomic E-state index is 0.0487. The van der Waals surface area contributed by atoms with Crippen LogP contribution in [-0.2, 0) is 21.9 Å². The van der Waals surface area contributed by atoms with Gasteiger partial charge in [0.25, 0.3) is 0 Å². The Morgan fingerprint density at radius 3 is 1.97 bits per heavy atom. The number of likely N-dealkylation sites (N-methyl/N-ethyl adjacent to an activating group) is 1. The lowest BCUT2D eigenvalue weighted by molar-refractivity contribution is -0.139. The molecule has 2 rings (SSSR count). The molecule has 2 aromatic rings. The summed E-state index contributed by atoms with van der Waals surface area (Å²) in [4.78, 5) is 27.5. The van der Waals surface area contributed by atoms with Crippen molar-refractivity contribution in [3.63, 3.8) is 0 Å². The predicted octanol–water partition coefficient (Wildman–Crippen LogP) is 3.88. The third kappa shape index (κ3) is 7.51. The van der Waals surface area contributed by atoms with Crippen molar-refractivity contribution in [2.24, 2.45) is 0 Å². The van der Waals surface area contributed by atoms with Crippen molar-refractivity contribution in [3.05, 3.63) is 59.7 Å². The van der Waals surface area contributed by atoms with Crippen LogP contribution in [0.1, 0.15) is 31.4 Å². The maximum Gasteiger partial charge on any atom is 0.242 e. The maximum atomic E-state index is 13.2. The number of hydrogen-bond donors (Lipinski definition) is 1. The van der Waals surface area contributed by atoms with Gasteiger partial charge in [-0.15, -0.1) is 11.8 Å². The first-order valence-corrected chi connectivity index (χ1v) is 11.6. The van der Waals surface area contributed by atoms with E-state index in [1.165, 1.54) is 0 Å². The molecule has 2 amide bonds. The normalized spacial score (nSPS) is 11.5. The van der Waals surface area contributed by atoms with E-state index in [0.29, 0.717) is 31.0 Å². The molecule has 0 saturated carbocycles. The fourth-order valence-corrected chi connectivity index (χ4v) is 4.07. The van der Waals surface area contributed by atoms with Gasteiger partial charge < -0.3 is 19.7 Å². The molecular weight excluding hydrogens is 412 g/mol. The first kappa shape index (κ1) is 24.6. The highest BCUT2D eigenvalue weighted by molar-refractivity contribution is 7.99. The van der Waals surface area contributed by atoms with E-state index in [-0.39, 0.29) is 11.8 Å². The van der Waals surface area contributed by atoms with Crippen LogP contribution in [0.4, 0.5) is 0 Å². The molecular formula is C24H32N2O4S. The van der Waals surface area contributed by atoms with Crippen LogP contribution in [0.25, 0.3) is 0 Å². The van der Waals surface area contributed by atoms with E-state index < -0.39 is 6.04 Å². The van der Waals surface area contributed by atoms with Crippen molar-refractivity contribution in [3.8, 4) is 11.5 Å². The predicted molar refractivity (Wildman–Crippen MR) is 125 cm³/mol. The van der Waals surface area contributed by atoms with Crippen LogP contribution >= 0.6 is 11.8 Å². The van der Waals surface area contributed by atoms with Gasteiger partial charge in [0, 0.05) is 18.8 Å². The highest BCUT2D eigenvalue weighted by atomic mass is 32.2. The van der Waals surface area contributed by atoms with Gasteiger partial charge in [0.1, 0.15) is 17.5 Å². The van der Waals surface area contributed by atoms with E-state index >= 15 is 0 Å². The van der Waals surface area contributed by atoms with Crippen molar-refractivity contribution in [1.29, 1.82) is 0 Å². The van der Waals surface area contributed by atoms with Crippen molar-refractivity contribution in [1.82, 2.24) is 10.2 Å². The molecule has 0 aliphatic heterocycles. The Hall–Kier alpha value is -2.67. The van der Waals surface area contributed by atoms with Crippen molar-refractivity contribution < 1.29 is 19.1 Å². The number of nitrogens with zero attached hydrogens (tertiary/aromatic N) is 1. The molecule has 0 spiro atoms. The van der Waals surface area contributed by atoms with E-state index in [4.69, 9.17) is 9.47 Å². The van der Waals surface area contributed by atoms with E-state index in [2.05, 4.69) is 5.32 Å². The molecule has 0 aromatic heterocycles. The number of thioether (sulfide) groups is 1. The van der Waals surface area contributed by atoms with Crippen molar-refractivity contribution in [2.75, 3.05) is 26.5 Å². The SMILES string of the molecule is CCNC(=O)[C@@H](CC)N(Cc1ccc(OC)cc1)C(=O)CSCc1ccc(OC)cc1. The Bertz CT molecular complexity index is 824. The Morgan fingerprint density at radius 2 is 1.48 bits per heavy atom. The molecule has 0 bridgehead atoms. The molecule has 31 heavy (non-hydrogen) atoms. The van der Waals surface area contributed by atoms with Gasteiger partial charge in [0.15, 0.2) is 0 Å². The Labute approximate surface area is 189 Å². The molecule has 168 valence electrons. The van der Waals surface area contributed by atoms with Crippen LogP contribution in [0.15, 0.2) is 48.5 Å². The van der Waals surface area contributed by atoms with Crippen LogP contribution in [0.3, 0.4) is 0 Å².